The fraction of sp³-hybridized carbons (Fsp3) is 0.280. The van der Waals surface area contributed by atoms with Crippen molar-refractivity contribution in [2.24, 2.45) is 0 Å². The Bertz CT molecular complexity index is 989. The van der Waals surface area contributed by atoms with Gasteiger partial charge >= 0.3 is 5.97 Å². The summed E-state index contributed by atoms with van der Waals surface area (Å²) in [5.74, 6) is -0.523. The van der Waals surface area contributed by atoms with E-state index in [1.807, 2.05) is 55.5 Å². The second kappa shape index (κ2) is 8.08. The smallest absolute Gasteiger partial charge is 0.336 e. The van der Waals surface area contributed by atoms with Crippen LogP contribution in [0.3, 0.4) is 0 Å². The summed E-state index contributed by atoms with van der Waals surface area (Å²) in [5.41, 5.74) is 5.03. The molecule has 2 aromatic carbocycles. The Morgan fingerprint density at radius 1 is 1.00 bits per heavy atom. The predicted molar refractivity (Wildman–Crippen MR) is 112 cm³/mol. The number of rotatable bonds is 4. The summed E-state index contributed by atoms with van der Waals surface area (Å²) in [4.78, 5) is 26.2. The highest BCUT2D eigenvalue weighted by Crippen LogP contribution is 2.45. The third kappa shape index (κ3) is 3.63. The van der Waals surface area contributed by atoms with Crippen molar-refractivity contribution in [2.45, 2.75) is 38.5 Å². The number of Topliss-reactive ketones (excluding diaryl/α,β-unsaturated/α-hetero) is 1. The average molecular weight is 387 g/mol. The van der Waals surface area contributed by atoms with Crippen LogP contribution in [0, 0.1) is 0 Å². The highest BCUT2D eigenvalue weighted by molar-refractivity contribution is 6.04. The molecular formula is C25H25NO3. The van der Waals surface area contributed by atoms with Gasteiger partial charge in [0.2, 0.25) is 0 Å². The molecule has 0 saturated carbocycles. The predicted octanol–water partition coefficient (Wildman–Crippen LogP) is 4.61. The Morgan fingerprint density at radius 2 is 1.62 bits per heavy atom. The molecule has 0 spiro atoms. The zero-order valence-electron chi connectivity index (χ0n) is 16.8. The van der Waals surface area contributed by atoms with Gasteiger partial charge in [0.15, 0.2) is 5.78 Å². The van der Waals surface area contributed by atoms with Crippen LogP contribution in [-0.2, 0) is 14.3 Å². The van der Waals surface area contributed by atoms with Crippen molar-refractivity contribution < 1.29 is 14.3 Å². The summed E-state index contributed by atoms with van der Waals surface area (Å²) < 4.78 is 5.34. The maximum atomic E-state index is 13.4. The van der Waals surface area contributed by atoms with E-state index in [9.17, 15) is 9.59 Å². The number of hydrogen-bond acceptors (Lipinski definition) is 4. The number of benzene rings is 2. The molecule has 4 nitrogen and oxygen atoms in total. The zero-order chi connectivity index (χ0) is 20.4. The Morgan fingerprint density at radius 3 is 2.24 bits per heavy atom. The molecule has 2 aromatic rings. The van der Waals surface area contributed by atoms with Crippen molar-refractivity contribution in [1.29, 1.82) is 0 Å². The van der Waals surface area contributed by atoms with E-state index in [0.717, 1.165) is 23.4 Å². The Hall–Kier alpha value is -3.14. The number of esters is 1. The lowest BCUT2D eigenvalue weighted by Crippen LogP contribution is -2.36. The van der Waals surface area contributed by atoms with Crippen LogP contribution in [0.15, 0.2) is 83.2 Å². The Kier molecular flexibility index (Phi) is 5.34. The zero-order valence-corrected chi connectivity index (χ0v) is 16.8. The molecule has 148 valence electrons. The lowest BCUT2D eigenvalue weighted by molar-refractivity contribution is -0.138. The van der Waals surface area contributed by atoms with E-state index in [-0.39, 0.29) is 17.7 Å². The van der Waals surface area contributed by atoms with E-state index in [1.54, 1.807) is 6.92 Å². The molecule has 1 aliphatic heterocycles. The highest BCUT2D eigenvalue weighted by atomic mass is 16.5. The van der Waals surface area contributed by atoms with Crippen molar-refractivity contribution >= 4 is 11.8 Å². The van der Waals surface area contributed by atoms with Crippen LogP contribution in [0.2, 0.25) is 0 Å². The van der Waals surface area contributed by atoms with Gasteiger partial charge in [-0.15, -0.1) is 0 Å². The summed E-state index contributed by atoms with van der Waals surface area (Å²) in [7, 11) is 0. The molecule has 0 radical (unpaired) electrons. The van der Waals surface area contributed by atoms with Crippen LogP contribution < -0.4 is 5.32 Å². The lowest BCUT2D eigenvalue weighted by Gasteiger charge is -2.36. The third-order valence-electron chi connectivity index (χ3n) is 5.73. The Balaban J connectivity index is 1.79. The normalized spacial score (nSPS) is 21.5. The molecular weight excluding hydrogens is 362 g/mol. The molecule has 1 heterocycles. The fourth-order valence-electron chi connectivity index (χ4n) is 4.46. The topological polar surface area (TPSA) is 55.4 Å². The van der Waals surface area contributed by atoms with Gasteiger partial charge in [0, 0.05) is 29.3 Å². The summed E-state index contributed by atoms with van der Waals surface area (Å²) in [6.45, 7) is 3.98. The number of ketones is 1. The standard InChI is InChI=1S/C25H25NO3/c1-3-29-25(28)22-16(2)26-20-14-19(17-10-6-4-7-11-17)15-21(27)24(20)23(22)18-12-8-5-9-13-18/h4-13,19,23,26H,3,14-15H2,1-2H3/t19-,23-/m0/s1. The molecule has 1 N–H and O–H groups in total. The lowest BCUT2D eigenvalue weighted by atomic mass is 9.72. The van der Waals surface area contributed by atoms with Crippen LogP contribution in [-0.4, -0.2) is 18.4 Å². The van der Waals surface area contributed by atoms with E-state index < -0.39 is 5.92 Å². The first kappa shape index (κ1) is 19.2. The molecule has 29 heavy (non-hydrogen) atoms. The second-order valence-corrected chi connectivity index (χ2v) is 7.56. The van der Waals surface area contributed by atoms with Crippen molar-refractivity contribution in [1.82, 2.24) is 5.32 Å². The van der Waals surface area contributed by atoms with Crippen LogP contribution in [0.1, 0.15) is 49.7 Å². The number of nitrogens with one attached hydrogen (secondary N) is 1. The van der Waals surface area contributed by atoms with E-state index in [2.05, 4.69) is 17.4 Å². The quantitative estimate of drug-likeness (QED) is 0.779. The number of allylic oxidation sites excluding steroid dienone is 3. The summed E-state index contributed by atoms with van der Waals surface area (Å²) in [5, 5.41) is 3.38. The number of ether oxygens (including phenoxy) is 1. The van der Waals surface area contributed by atoms with Gasteiger partial charge in [-0.05, 0) is 37.3 Å². The molecule has 0 aromatic heterocycles. The van der Waals surface area contributed by atoms with Crippen LogP contribution >= 0.6 is 0 Å². The van der Waals surface area contributed by atoms with Gasteiger partial charge in [-0.1, -0.05) is 60.7 Å². The van der Waals surface area contributed by atoms with E-state index in [1.165, 1.54) is 5.56 Å². The maximum Gasteiger partial charge on any atom is 0.336 e. The van der Waals surface area contributed by atoms with E-state index >= 15 is 0 Å². The summed E-state index contributed by atoms with van der Waals surface area (Å²) in [6.07, 6.45) is 1.20. The third-order valence-corrected chi connectivity index (χ3v) is 5.73. The summed E-state index contributed by atoms with van der Waals surface area (Å²) in [6, 6.07) is 19.9. The number of carbonyl (C=O) groups is 2. The van der Waals surface area contributed by atoms with Crippen LogP contribution in [0.5, 0.6) is 0 Å². The molecule has 4 heteroatoms. The van der Waals surface area contributed by atoms with E-state index in [0.29, 0.717) is 24.2 Å². The minimum absolute atomic E-state index is 0.0933. The molecule has 0 saturated heterocycles. The van der Waals surface area contributed by atoms with Crippen molar-refractivity contribution in [3.8, 4) is 0 Å². The van der Waals surface area contributed by atoms with Crippen molar-refractivity contribution in [3.63, 3.8) is 0 Å². The Labute approximate surface area is 171 Å². The van der Waals surface area contributed by atoms with E-state index in [4.69, 9.17) is 4.74 Å². The van der Waals surface area contributed by atoms with Gasteiger partial charge < -0.3 is 10.1 Å². The molecule has 0 bridgehead atoms. The molecule has 0 fully saturated rings. The van der Waals surface area contributed by atoms with Gasteiger partial charge in [-0.2, -0.15) is 0 Å². The molecule has 1 aliphatic carbocycles. The largest absolute Gasteiger partial charge is 0.463 e. The molecule has 0 unspecified atom stereocenters. The van der Waals surface area contributed by atoms with Crippen molar-refractivity contribution in [3.05, 3.63) is 94.3 Å². The average Bonchev–Trinajstić information content (AvgIpc) is 2.74. The van der Waals surface area contributed by atoms with Gasteiger partial charge in [-0.25, -0.2) is 4.79 Å². The van der Waals surface area contributed by atoms with Crippen molar-refractivity contribution in [2.75, 3.05) is 6.61 Å². The van der Waals surface area contributed by atoms with Gasteiger partial charge in [-0.3, -0.25) is 4.79 Å². The first-order valence-corrected chi connectivity index (χ1v) is 10.1. The number of hydrogen-bond donors (Lipinski definition) is 1. The molecule has 4 rings (SSSR count). The van der Waals surface area contributed by atoms with Crippen LogP contribution in [0.4, 0.5) is 0 Å². The molecule has 2 atom stereocenters. The minimum atomic E-state index is -0.393. The fourth-order valence-corrected chi connectivity index (χ4v) is 4.46. The highest BCUT2D eigenvalue weighted by Gasteiger charge is 2.41. The van der Waals surface area contributed by atoms with Gasteiger partial charge in [0.1, 0.15) is 0 Å². The second-order valence-electron chi connectivity index (χ2n) is 7.56. The number of carbonyl (C=O) groups excluding carboxylic acids is 2. The molecule has 0 amide bonds. The summed E-state index contributed by atoms with van der Waals surface area (Å²) >= 11 is 0. The minimum Gasteiger partial charge on any atom is -0.463 e. The number of dihydropyridines is 1. The van der Waals surface area contributed by atoms with Crippen LogP contribution in [0.25, 0.3) is 0 Å². The first-order chi connectivity index (χ1) is 14.1. The molecule has 2 aliphatic rings. The van der Waals surface area contributed by atoms with Gasteiger partial charge in [0.25, 0.3) is 0 Å². The first-order valence-electron chi connectivity index (χ1n) is 10.1. The van der Waals surface area contributed by atoms with Gasteiger partial charge in [0.05, 0.1) is 12.2 Å². The maximum absolute atomic E-state index is 13.4. The monoisotopic (exact) mass is 387 g/mol. The SMILES string of the molecule is CCOC(=O)C1=C(C)NC2=C(C(=O)C[C@@H](c3ccccc3)C2)[C@H]1c1ccccc1.